The summed E-state index contributed by atoms with van der Waals surface area (Å²) in [6.45, 7) is 22.0. The zero-order valence-corrected chi connectivity index (χ0v) is 21.3. The standard InChI is InChI=1S/3C10H16.3CH4/c3*1-8(2)10-6-4-9(3)5-7-10;;;/h4,7-8H,5-6H2,1-3H3;4,6,8H,5,7H2,1-3H3;6,8H,3-5,7H2,1-2H3;3*1H4. The third-order valence-corrected chi connectivity index (χ3v) is 6.41. The maximum atomic E-state index is 3.96. The predicted octanol–water partition coefficient (Wildman–Crippen LogP) is 11.8. The van der Waals surface area contributed by atoms with Crippen molar-refractivity contribution in [3.8, 4) is 0 Å². The Hall–Kier alpha value is -1.56. The number of hydrogen-bond donors (Lipinski definition) is 0. The predicted molar refractivity (Wildman–Crippen MR) is 158 cm³/mol. The topological polar surface area (TPSA) is 0 Å². The molecule has 0 atom stereocenters. The highest BCUT2D eigenvalue weighted by Gasteiger charge is 2.08. The fourth-order valence-electron chi connectivity index (χ4n) is 3.79. The second kappa shape index (κ2) is 18.8. The molecule has 3 rings (SSSR count). The molecule has 0 unspecified atom stereocenters. The monoisotopic (exact) mass is 456 g/mol. The first-order valence-corrected chi connectivity index (χ1v) is 12.2. The third-order valence-electron chi connectivity index (χ3n) is 6.41. The molecule has 0 nitrogen and oxygen atoms in total. The van der Waals surface area contributed by atoms with Crippen molar-refractivity contribution < 1.29 is 0 Å². The van der Waals surface area contributed by atoms with Crippen LogP contribution in [0.4, 0.5) is 0 Å². The van der Waals surface area contributed by atoms with Gasteiger partial charge in [-0.2, -0.15) is 0 Å². The zero-order valence-electron chi connectivity index (χ0n) is 21.3. The summed E-state index contributed by atoms with van der Waals surface area (Å²) >= 11 is 0. The second-order valence-electron chi connectivity index (χ2n) is 10.2. The summed E-state index contributed by atoms with van der Waals surface area (Å²) in [4.78, 5) is 0. The first-order chi connectivity index (χ1) is 14.1. The van der Waals surface area contributed by atoms with E-state index in [9.17, 15) is 0 Å². The van der Waals surface area contributed by atoms with Gasteiger partial charge < -0.3 is 0 Å². The Morgan fingerprint density at radius 2 is 1.06 bits per heavy atom. The van der Waals surface area contributed by atoms with Gasteiger partial charge in [-0.25, -0.2) is 0 Å². The van der Waals surface area contributed by atoms with Gasteiger partial charge in [0.15, 0.2) is 0 Å². The van der Waals surface area contributed by atoms with E-state index < -0.39 is 0 Å². The van der Waals surface area contributed by atoms with E-state index in [4.69, 9.17) is 0 Å². The van der Waals surface area contributed by atoms with Gasteiger partial charge in [0.1, 0.15) is 0 Å². The largest absolute Gasteiger partial charge is 0.0995 e. The molecule has 0 heterocycles. The van der Waals surface area contributed by atoms with E-state index in [2.05, 4.69) is 92.3 Å². The Labute approximate surface area is 210 Å². The minimum absolute atomic E-state index is 0. The first kappa shape index (κ1) is 36.0. The fraction of sp³-hybridized carbons (Fsp3) is 0.636. The van der Waals surface area contributed by atoms with Crippen LogP contribution in [0.15, 0.2) is 70.4 Å². The van der Waals surface area contributed by atoms with Gasteiger partial charge in [0.2, 0.25) is 0 Å². The average Bonchev–Trinajstić information content (AvgIpc) is 2.70. The van der Waals surface area contributed by atoms with Gasteiger partial charge in [0, 0.05) is 0 Å². The highest BCUT2D eigenvalue weighted by molar-refractivity contribution is 5.23. The summed E-state index contributed by atoms with van der Waals surface area (Å²) in [7, 11) is 0. The van der Waals surface area contributed by atoms with E-state index in [1.807, 2.05) is 0 Å². The third kappa shape index (κ3) is 15.1. The van der Waals surface area contributed by atoms with Crippen LogP contribution >= 0.6 is 0 Å². The molecule has 0 aromatic heterocycles. The molecule has 0 aromatic rings. The first-order valence-electron chi connectivity index (χ1n) is 12.2. The SMILES string of the molecule is C.C.C.C=C1CC=C(C(C)C)CC1.CC1=CC=C(C(C)C)CC1.CC1=CCC(C(C)C)=CC1. The number of hydrogen-bond acceptors (Lipinski definition) is 0. The van der Waals surface area contributed by atoms with Crippen molar-refractivity contribution in [3.05, 3.63) is 70.4 Å². The van der Waals surface area contributed by atoms with Gasteiger partial charge >= 0.3 is 0 Å². The zero-order chi connectivity index (χ0) is 22.7. The van der Waals surface area contributed by atoms with E-state index in [1.54, 1.807) is 16.7 Å². The van der Waals surface area contributed by atoms with Crippen molar-refractivity contribution >= 4 is 0 Å². The van der Waals surface area contributed by atoms with E-state index in [0.717, 1.165) is 24.2 Å². The van der Waals surface area contributed by atoms with Crippen molar-refractivity contribution in [1.82, 2.24) is 0 Å². The smallest absolute Gasteiger partial charge is 0.0133 e. The minimum Gasteiger partial charge on any atom is -0.0995 e. The van der Waals surface area contributed by atoms with Gasteiger partial charge in [-0.05, 0) is 76.5 Å². The fourth-order valence-corrected chi connectivity index (χ4v) is 3.79. The Balaban J connectivity index is -0.000000391. The highest BCUT2D eigenvalue weighted by atomic mass is 14.1. The molecule has 0 heteroatoms. The van der Waals surface area contributed by atoms with Crippen molar-refractivity contribution in [3.63, 3.8) is 0 Å². The van der Waals surface area contributed by atoms with Gasteiger partial charge in [-0.3, -0.25) is 0 Å². The Morgan fingerprint density at radius 3 is 1.42 bits per heavy atom. The molecule has 0 N–H and O–H groups in total. The lowest BCUT2D eigenvalue weighted by molar-refractivity contribution is 0.681. The van der Waals surface area contributed by atoms with Crippen LogP contribution in [0.5, 0.6) is 0 Å². The lowest BCUT2D eigenvalue weighted by Gasteiger charge is -2.17. The molecule has 0 fully saturated rings. The summed E-state index contributed by atoms with van der Waals surface area (Å²) in [5.74, 6) is 2.22. The maximum Gasteiger partial charge on any atom is -0.0133 e. The van der Waals surface area contributed by atoms with Crippen LogP contribution in [0.3, 0.4) is 0 Å². The Kier molecular flexibility index (Phi) is 20.5. The van der Waals surface area contributed by atoms with E-state index >= 15 is 0 Å². The summed E-state index contributed by atoms with van der Waals surface area (Å²) in [6.07, 6.45) is 20.1. The van der Waals surface area contributed by atoms with E-state index in [1.165, 1.54) is 55.2 Å². The molecular weight excluding hydrogens is 396 g/mol. The van der Waals surface area contributed by atoms with Crippen LogP contribution in [0.25, 0.3) is 0 Å². The summed E-state index contributed by atoms with van der Waals surface area (Å²) in [5.41, 5.74) is 9.25. The molecular formula is C33H60. The Morgan fingerprint density at radius 1 is 0.545 bits per heavy atom. The van der Waals surface area contributed by atoms with Crippen molar-refractivity contribution in [2.45, 2.75) is 123 Å². The second-order valence-corrected chi connectivity index (χ2v) is 10.2. The minimum atomic E-state index is 0. The van der Waals surface area contributed by atoms with Gasteiger partial charge in [-0.1, -0.05) is 134 Å². The van der Waals surface area contributed by atoms with E-state index in [0.29, 0.717) is 0 Å². The number of allylic oxidation sites excluding steroid dienone is 11. The Bertz CT molecular complexity index is 698. The lowest BCUT2D eigenvalue weighted by Crippen LogP contribution is -1.99. The van der Waals surface area contributed by atoms with Crippen molar-refractivity contribution in [2.75, 3.05) is 0 Å². The normalized spacial score (nSPS) is 17.3. The van der Waals surface area contributed by atoms with Crippen LogP contribution in [0.1, 0.15) is 123 Å². The molecule has 33 heavy (non-hydrogen) atoms. The average molecular weight is 457 g/mol. The van der Waals surface area contributed by atoms with Gasteiger partial charge in [0.05, 0.1) is 0 Å². The van der Waals surface area contributed by atoms with Gasteiger partial charge in [0.25, 0.3) is 0 Å². The molecule has 0 radical (unpaired) electrons. The molecule has 0 bridgehead atoms. The molecule has 0 amide bonds. The molecule has 3 aliphatic carbocycles. The van der Waals surface area contributed by atoms with E-state index in [-0.39, 0.29) is 22.3 Å². The van der Waals surface area contributed by atoms with Gasteiger partial charge in [-0.15, -0.1) is 0 Å². The van der Waals surface area contributed by atoms with Crippen molar-refractivity contribution in [2.24, 2.45) is 17.8 Å². The van der Waals surface area contributed by atoms with Crippen LogP contribution < -0.4 is 0 Å². The summed E-state index contributed by atoms with van der Waals surface area (Å²) in [6, 6.07) is 0. The lowest BCUT2D eigenvalue weighted by atomic mass is 9.89. The van der Waals surface area contributed by atoms with Crippen LogP contribution in [0, 0.1) is 17.8 Å². The summed E-state index contributed by atoms with van der Waals surface area (Å²) in [5, 5.41) is 0. The maximum absolute atomic E-state index is 3.96. The number of rotatable bonds is 3. The molecule has 192 valence electrons. The molecule has 3 aliphatic rings. The molecule has 0 spiro atoms. The molecule has 0 aromatic carbocycles. The van der Waals surface area contributed by atoms with Crippen LogP contribution in [0.2, 0.25) is 0 Å². The summed E-state index contributed by atoms with van der Waals surface area (Å²) < 4.78 is 0. The molecule has 0 aliphatic heterocycles. The molecule has 0 saturated heterocycles. The molecule has 0 saturated carbocycles. The quantitative estimate of drug-likeness (QED) is 0.370. The van der Waals surface area contributed by atoms with Crippen LogP contribution in [-0.2, 0) is 0 Å². The van der Waals surface area contributed by atoms with Crippen molar-refractivity contribution in [1.29, 1.82) is 0 Å². The highest BCUT2D eigenvalue weighted by Crippen LogP contribution is 2.26. The van der Waals surface area contributed by atoms with Crippen LogP contribution in [-0.4, -0.2) is 0 Å².